The van der Waals surface area contributed by atoms with Gasteiger partial charge < -0.3 is 4.74 Å². The van der Waals surface area contributed by atoms with Crippen molar-refractivity contribution in [3.63, 3.8) is 0 Å². The lowest BCUT2D eigenvalue weighted by Gasteiger charge is -2.40. The van der Waals surface area contributed by atoms with E-state index in [-0.39, 0.29) is 18.8 Å². The minimum absolute atomic E-state index is 0.0575. The van der Waals surface area contributed by atoms with Crippen LogP contribution >= 0.6 is 24.2 Å². The number of carbonyl (C=O) groups excluding carboxylic acids is 1. The average molecular weight is 365 g/mol. The summed E-state index contributed by atoms with van der Waals surface area (Å²) in [6.07, 6.45) is 0.583. The Balaban J connectivity index is 2.44. The number of benzene rings is 1. The molecule has 1 aromatic carbocycles. The van der Waals surface area contributed by atoms with Crippen LogP contribution in [0, 0.1) is 5.92 Å². The summed E-state index contributed by atoms with van der Waals surface area (Å²) in [5.41, 5.74) is 0.658. The van der Waals surface area contributed by atoms with Crippen molar-refractivity contribution in [2.24, 2.45) is 5.92 Å². The molecule has 1 aliphatic carbocycles. The molecule has 3 unspecified atom stereocenters. The van der Waals surface area contributed by atoms with Crippen LogP contribution in [0.2, 0.25) is 5.02 Å². The van der Waals surface area contributed by atoms with Crippen molar-refractivity contribution in [1.29, 1.82) is 0 Å². The lowest BCUT2D eigenvalue weighted by Crippen LogP contribution is -2.44. The zero-order valence-electron chi connectivity index (χ0n) is 11.9. The SMILES string of the molecule is COC(=O)C1CCC(S)(S(=O)(=O)O)C(c2ccc(Cl)cc2)C1. The first-order valence-electron chi connectivity index (χ1n) is 6.71. The van der Waals surface area contributed by atoms with Crippen LogP contribution in [0.5, 0.6) is 0 Å². The molecule has 0 bridgehead atoms. The van der Waals surface area contributed by atoms with Gasteiger partial charge in [0.25, 0.3) is 10.1 Å². The first-order chi connectivity index (χ1) is 10.2. The molecule has 0 heterocycles. The highest BCUT2D eigenvalue weighted by atomic mass is 35.5. The third kappa shape index (κ3) is 3.27. The first kappa shape index (κ1) is 17.6. The summed E-state index contributed by atoms with van der Waals surface area (Å²) in [6.45, 7) is 0. The van der Waals surface area contributed by atoms with Gasteiger partial charge in [0.05, 0.1) is 13.0 Å². The quantitative estimate of drug-likeness (QED) is 0.489. The van der Waals surface area contributed by atoms with Gasteiger partial charge in [0, 0.05) is 10.9 Å². The van der Waals surface area contributed by atoms with Crippen molar-refractivity contribution in [3.05, 3.63) is 34.9 Å². The molecule has 0 radical (unpaired) electrons. The lowest BCUT2D eigenvalue weighted by molar-refractivity contribution is -0.146. The maximum atomic E-state index is 11.8. The van der Waals surface area contributed by atoms with Crippen molar-refractivity contribution in [1.82, 2.24) is 0 Å². The highest BCUT2D eigenvalue weighted by molar-refractivity contribution is 8.03. The van der Waals surface area contributed by atoms with Crippen LogP contribution in [0.3, 0.4) is 0 Å². The van der Waals surface area contributed by atoms with Gasteiger partial charge in [-0.15, -0.1) is 0 Å². The molecule has 122 valence electrons. The summed E-state index contributed by atoms with van der Waals surface area (Å²) in [6, 6.07) is 6.64. The molecule has 3 atom stereocenters. The maximum Gasteiger partial charge on any atom is 0.308 e. The van der Waals surface area contributed by atoms with Crippen LogP contribution in [0.4, 0.5) is 0 Å². The maximum absolute atomic E-state index is 11.8. The smallest absolute Gasteiger partial charge is 0.308 e. The number of ether oxygens (including phenoxy) is 1. The Kier molecular flexibility index (Phi) is 5.11. The van der Waals surface area contributed by atoms with Crippen LogP contribution in [0.25, 0.3) is 0 Å². The van der Waals surface area contributed by atoms with Crippen LogP contribution in [0.1, 0.15) is 30.7 Å². The van der Waals surface area contributed by atoms with Crippen molar-refractivity contribution in [2.75, 3.05) is 7.11 Å². The van der Waals surface area contributed by atoms with E-state index in [0.29, 0.717) is 17.0 Å². The number of thiol groups is 1. The minimum Gasteiger partial charge on any atom is -0.469 e. The molecule has 22 heavy (non-hydrogen) atoms. The van der Waals surface area contributed by atoms with E-state index in [0.717, 1.165) is 0 Å². The summed E-state index contributed by atoms with van der Waals surface area (Å²) >= 11 is 10.1. The Morgan fingerprint density at radius 1 is 1.41 bits per heavy atom. The summed E-state index contributed by atoms with van der Waals surface area (Å²) < 4.78 is 36.4. The Hall–Kier alpha value is -0.760. The molecule has 1 N–H and O–H groups in total. The topological polar surface area (TPSA) is 80.7 Å². The van der Waals surface area contributed by atoms with E-state index in [1.165, 1.54) is 7.11 Å². The molecule has 1 fully saturated rings. The van der Waals surface area contributed by atoms with Gasteiger partial charge in [0.1, 0.15) is 4.08 Å². The van der Waals surface area contributed by atoms with Gasteiger partial charge in [-0.05, 0) is 37.0 Å². The number of hydrogen-bond donors (Lipinski definition) is 2. The largest absolute Gasteiger partial charge is 0.469 e. The summed E-state index contributed by atoms with van der Waals surface area (Å²) in [7, 11) is -3.11. The molecule has 0 aliphatic heterocycles. The van der Waals surface area contributed by atoms with Crippen LogP contribution in [-0.2, 0) is 19.6 Å². The van der Waals surface area contributed by atoms with Gasteiger partial charge in [0.2, 0.25) is 0 Å². The number of rotatable bonds is 3. The predicted molar refractivity (Wildman–Crippen MR) is 86.8 cm³/mol. The van der Waals surface area contributed by atoms with E-state index in [1.807, 2.05) is 0 Å². The van der Waals surface area contributed by atoms with E-state index in [2.05, 4.69) is 12.6 Å². The molecular formula is C14H17ClO5S2. The molecule has 1 aromatic rings. The zero-order valence-corrected chi connectivity index (χ0v) is 14.4. The molecule has 1 aliphatic rings. The van der Waals surface area contributed by atoms with Crippen molar-refractivity contribution in [2.45, 2.75) is 29.3 Å². The monoisotopic (exact) mass is 364 g/mol. The lowest BCUT2D eigenvalue weighted by atomic mass is 9.77. The molecule has 8 heteroatoms. The number of carbonyl (C=O) groups is 1. The van der Waals surface area contributed by atoms with Gasteiger partial charge in [0.15, 0.2) is 0 Å². The second kappa shape index (κ2) is 6.39. The third-order valence-electron chi connectivity index (χ3n) is 4.17. The van der Waals surface area contributed by atoms with Gasteiger partial charge in [-0.3, -0.25) is 9.35 Å². The molecule has 5 nitrogen and oxygen atoms in total. The normalized spacial score (nSPS) is 29.1. The van der Waals surface area contributed by atoms with E-state index in [1.54, 1.807) is 24.3 Å². The first-order valence-corrected chi connectivity index (χ1v) is 8.98. The number of halogens is 1. The number of hydrogen-bond acceptors (Lipinski definition) is 5. The third-order valence-corrected chi connectivity index (χ3v) is 7.03. The summed E-state index contributed by atoms with van der Waals surface area (Å²) in [4.78, 5) is 11.8. The Morgan fingerprint density at radius 2 is 2.00 bits per heavy atom. The predicted octanol–water partition coefficient (Wildman–Crippen LogP) is 2.91. The highest BCUT2D eigenvalue weighted by Gasteiger charge is 2.52. The van der Waals surface area contributed by atoms with E-state index >= 15 is 0 Å². The Bertz CT molecular complexity index is 658. The molecule has 0 amide bonds. The van der Waals surface area contributed by atoms with Gasteiger partial charge in [-0.2, -0.15) is 21.0 Å². The molecule has 1 saturated carbocycles. The van der Waals surface area contributed by atoms with Crippen LogP contribution in [-0.4, -0.2) is 30.1 Å². The van der Waals surface area contributed by atoms with Crippen LogP contribution in [0.15, 0.2) is 24.3 Å². The van der Waals surface area contributed by atoms with Crippen molar-refractivity contribution < 1.29 is 22.5 Å². The Morgan fingerprint density at radius 3 is 2.50 bits per heavy atom. The fourth-order valence-corrected chi connectivity index (χ4v) is 4.40. The molecule has 2 rings (SSSR count). The number of esters is 1. The van der Waals surface area contributed by atoms with Crippen LogP contribution < -0.4 is 0 Å². The summed E-state index contributed by atoms with van der Waals surface area (Å²) in [5.74, 6) is -1.45. The average Bonchev–Trinajstić information content (AvgIpc) is 2.47. The minimum atomic E-state index is -4.41. The standard InChI is InChI=1S/C14H17ClO5S2/c1-20-13(16)10-6-7-14(21,22(17,18)19)12(8-10)9-2-4-11(15)5-3-9/h2-5,10,12,21H,6-8H2,1H3,(H,17,18,19). The molecule has 0 saturated heterocycles. The van der Waals surface area contributed by atoms with E-state index in [9.17, 15) is 17.8 Å². The summed E-state index contributed by atoms with van der Waals surface area (Å²) in [5, 5.41) is 0.515. The molecule has 0 spiro atoms. The highest BCUT2D eigenvalue weighted by Crippen LogP contribution is 2.50. The van der Waals surface area contributed by atoms with Gasteiger partial charge >= 0.3 is 5.97 Å². The Labute approximate surface area is 140 Å². The number of methoxy groups -OCH3 is 1. The van der Waals surface area contributed by atoms with E-state index in [4.69, 9.17) is 16.3 Å². The van der Waals surface area contributed by atoms with Gasteiger partial charge in [-0.25, -0.2) is 0 Å². The van der Waals surface area contributed by atoms with Crippen molar-refractivity contribution >= 4 is 40.3 Å². The van der Waals surface area contributed by atoms with Gasteiger partial charge in [-0.1, -0.05) is 23.7 Å². The second-order valence-electron chi connectivity index (χ2n) is 5.42. The fourth-order valence-electron chi connectivity index (χ4n) is 2.92. The zero-order chi connectivity index (χ0) is 16.5. The second-order valence-corrected chi connectivity index (χ2v) is 8.63. The van der Waals surface area contributed by atoms with E-state index < -0.39 is 26.0 Å². The van der Waals surface area contributed by atoms with Crippen molar-refractivity contribution in [3.8, 4) is 0 Å². The molecule has 0 aromatic heterocycles. The fraction of sp³-hybridized carbons (Fsp3) is 0.500. The molecular weight excluding hydrogens is 348 g/mol.